The molecule has 23 rings (SSSR count). The molecule has 21 fully saturated rings. The van der Waals surface area contributed by atoms with Gasteiger partial charge in [-0.3, -0.25) is 0 Å². The Hall–Kier alpha value is 5.16. The zero-order valence-corrected chi connectivity index (χ0v) is 121. The van der Waals surface area contributed by atoms with Crippen LogP contribution in [0.3, 0.4) is 0 Å². The molecule has 0 aliphatic heterocycles. The Kier molecular flexibility index (Phi) is 61.1. The molecule has 0 nitrogen and oxygen atoms in total. The molecule has 2 aromatic rings. The van der Waals surface area contributed by atoms with Crippen LogP contribution in [0.2, 0.25) is 96.7 Å². The van der Waals surface area contributed by atoms with E-state index in [-0.39, 0.29) is 59.4 Å². The van der Waals surface area contributed by atoms with Crippen LogP contribution in [-0.2, 0) is 83.4 Å². The van der Waals surface area contributed by atoms with Crippen molar-refractivity contribution in [3.63, 3.8) is 0 Å². The van der Waals surface area contributed by atoms with Crippen LogP contribution in [0, 0.1) is 261 Å². The van der Waals surface area contributed by atoms with Crippen molar-refractivity contribution in [1.29, 1.82) is 0 Å². The molecule has 21 aliphatic carbocycles. The predicted molar refractivity (Wildman–Crippen MR) is 671 cm³/mol. The van der Waals surface area contributed by atoms with Crippen molar-refractivity contribution in [3.8, 4) is 11.1 Å². The summed E-state index contributed by atoms with van der Waals surface area (Å²) in [5.74, 6) is 38.0. The predicted octanol–water partition coefficient (Wildman–Crippen LogP) is 48.2. The van der Waals surface area contributed by atoms with Crippen LogP contribution >= 0.6 is 68.1 Å². The first kappa shape index (κ1) is 140. The fourth-order valence-corrected chi connectivity index (χ4v) is 66.7. The van der Waals surface area contributed by atoms with E-state index in [1.54, 1.807) is 288 Å². The van der Waals surface area contributed by atoms with Crippen LogP contribution in [0.4, 0.5) is 0 Å². The van der Waals surface area contributed by atoms with Gasteiger partial charge < -0.3 is 59.4 Å². The Labute approximate surface area is 1010 Å². The molecule has 0 bridgehead atoms. The second kappa shape index (κ2) is 65.4. The molecule has 0 spiro atoms. The number of hydrogen-bond acceptors (Lipinski definition) is 0. The van der Waals surface area contributed by atoms with Gasteiger partial charge in [0.2, 0.25) is 0 Å². The topological polar surface area (TPSA) is 0 Å². The summed E-state index contributed by atoms with van der Waals surface area (Å²) in [5, 5.41) is 0. The monoisotopic (exact) mass is 2600 g/mol. The molecular weight excluding hydrogens is 2370 g/mol. The average molecular weight is 2610 g/mol. The Morgan fingerprint density at radius 2 is 0.500 bits per heavy atom. The van der Waals surface area contributed by atoms with Gasteiger partial charge in [-0.25, -0.2) is 0 Å². The first-order valence-electron chi connectivity index (χ1n) is 62.6. The third-order valence-corrected chi connectivity index (χ3v) is 72.4. The van der Waals surface area contributed by atoms with Gasteiger partial charge in [-0.2, -0.15) is 0 Å². The van der Waals surface area contributed by atoms with Gasteiger partial charge in [0.25, 0.3) is 0 Å². The van der Waals surface area contributed by atoms with E-state index in [1.165, 1.54) is 115 Å². The molecule has 43 atom stereocenters. The van der Waals surface area contributed by atoms with Gasteiger partial charge in [-0.1, -0.05) is 394 Å². The first-order chi connectivity index (χ1) is 68.6. The summed E-state index contributed by atoms with van der Waals surface area (Å²) in [4.78, 5) is 0. The van der Waals surface area contributed by atoms with Crippen LogP contribution < -0.4 is 0 Å². The van der Waals surface area contributed by atoms with E-state index >= 15 is 0 Å². The van der Waals surface area contributed by atoms with E-state index in [9.17, 15) is 0 Å². The number of hydrogen-bond donors (Lipinski definition) is 0. The van der Waals surface area contributed by atoms with Gasteiger partial charge in [-0.05, 0) is 390 Å². The van der Waals surface area contributed by atoms with E-state index in [0.717, 1.165) is 218 Å². The standard InChI is InChI=1S/C40H58Si.C31H54Si.C28H50Si.C27H48Si.8CH3.8ClH.4Zr/c1-5-13-27(2)36-26-40(38-25-30-17-11-16-29(30)24-37(36)38)41(3,4)39-23-22-34-33(20-12-21-35(34)39)32-19-10-9-18-31(32)28-14-7-6-8-15-28;1-5-20(2)27-19-31(29-18-23-11-8-10-22(23)17-28(27)29)32(3,4)30-16-15-25-24-12-7-6-9-21(24)13-14-26(25)30;1-5-9-19(2)24-18-28(26-17-22-12-8-11-21(22)16-25(24)26)29(3,4)27-15-14-20-10-6-7-13-23(20)27;1-5-18(2)24-17-27(23-12-7-6-11-22(23)24)28(3,4)26-14-13-21-15-19-9-8-10-20(19)16-25(21)26;;;;;;;;;;;;;;;;;;;;/h6-10,14-15,18-19,27,29-30,33-40H,5,11-13,16-17,20-26H2,1-4H3;20-31H,5-19H2,1-4H3;19-28H,5-18H2,1-4H3;18-27H,5-17H2,1-4H3;8*1H3;8*1H;;;;/q;;;;8*-1;;;;;;;;;4*+4/p-8. The van der Waals surface area contributed by atoms with Crippen LogP contribution in [0.15, 0.2) is 54.6 Å². The van der Waals surface area contributed by atoms with Gasteiger partial charge in [-0.15, -0.1) is 0 Å². The molecule has 21 aliphatic rings. The molecule has 0 radical (unpaired) electrons. The third kappa shape index (κ3) is 31.0. The van der Waals surface area contributed by atoms with Crippen molar-refractivity contribution in [2.45, 2.75) is 511 Å². The molecule has 0 heterocycles. The minimum absolute atomic E-state index is 0. The zero-order valence-electron chi connectivity index (χ0n) is 101. The number of rotatable bonds is 20. The SMILES string of the molecule is CCC(C)C1CC([Si](C)(C)C2CCC3C4CCCCC4CCC32)C2CC3CCCC3CC12.CCC(C)C1CC([Si](C)(C)C2CCC3CC4CCCC4CC32)C2CCCCC12.CCCC(C)C1CC([Si](C)(C)C2CCC3C(c4ccccc4-c4ccccc4)CCCC32)C2CC3CCCC3CC12.CCCC(C)C1CC([Si](C)(C)C2CCC3CCCCC32)C2CC3CCCC3CC12.[CH3-].[CH3-].[CH3-].[CH3-].[CH3-].[CH3-].[CH3-].[CH3-].[Cl][Zr+2][Cl].[Cl][Zr+2][Cl].[Cl][Zr+2][Cl].[Cl][Zr+2][Cl]. The van der Waals surface area contributed by atoms with E-state index in [2.05, 4.69) is 162 Å². The van der Waals surface area contributed by atoms with Gasteiger partial charge in [0.15, 0.2) is 0 Å². The summed E-state index contributed by atoms with van der Waals surface area (Å²) < 4.78 is 0. The van der Waals surface area contributed by atoms with E-state index in [1.807, 2.05) is 0 Å². The third-order valence-electron chi connectivity index (χ3n) is 51.6. The van der Waals surface area contributed by atoms with Crippen LogP contribution in [-0.4, -0.2) is 32.3 Å². The molecule has 0 aromatic heterocycles. The maximum atomic E-state index is 4.93. The van der Waals surface area contributed by atoms with Crippen molar-refractivity contribution >= 4 is 100 Å². The number of halogens is 8. The van der Waals surface area contributed by atoms with Gasteiger partial charge in [0, 0.05) is 0 Å². The summed E-state index contributed by atoms with van der Waals surface area (Å²) in [6.07, 6.45) is 86.5. The summed E-state index contributed by atoms with van der Waals surface area (Å²) in [5.41, 5.74) is 13.8. The second-order valence-corrected chi connectivity index (χ2v) is 92.9. The fourth-order valence-electron chi connectivity index (χ4n) is 45.3. The number of fused-ring (bicyclic) bond motifs is 14. The van der Waals surface area contributed by atoms with Crippen LogP contribution in [0.5, 0.6) is 0 Å². The Bertz CT molecular complexity index is 4060. The molecule has 0 amide bonds. The van der Waals surface area contributed by atoms with Gasteiger partial charge in [0.1, 0.15) is 0 Å². The zero-order chi connectivity index (χ0) is 101. The molecule has 0 saturated heterocycles. The molecule has 43 unspecified atom stereocenters. The summed E-state index contributed by atoms with van der Waals surface area (Å²) in [7, 11) is 34.4. The van der Waals surface area contributed by atoms with Gasteiger partial charge >= 0.3 is 151 Å². The van der Waals surface area contributed by atoms with Crippen molar-refractivity contribution in [2.24, 2.45) is 201 Å². The van der Waals surface area contributed by atoms with E-state index in [0.29, 0.717) is 0 Å². The maximum absolute atomic E-state index is 4.93. The first-order valence-corrected chi connectivity index (χ1v) is 101. The Morgan fingerprint density at radius 3 is 0.927 bits per heavy atom. The Balaban J connectivity index is 0.000000233. The minimum atomic E-state index is -1.42. The molecule has 858 valence electrons. The van der Waals surface area contributed by atoms with Gasteiger partial charge in [0.05, 0.1) is 32.3 Å². The summed E-state index contributed by atoms with van der Waals surface area (Å²) in [6.45, 7) is 43.7. The van der Waals surface area contributed by atoms with Crippen LogP contribution in [0.25, 0.3) is 11.1 Å². The summed E-state index contributed by atoms with van der Waals surface area (Å²) in [6, 6.07) is 20.8. The molecule has 16 heteroatoms. The normalized spacial score (nSPS) is 40.5. The molecule has 2 aromatic carbocycles. The Morgan fingerprint density at radius 1 is 0.227 bits per heavy atom. The van der Waals surface area contributed by atoms with Crippen molar-refractivity contribution in [3.05, 3.63) is 120 Å². The molecule has 150 heavy (non-hydrogen) atoms. The van der Waals surface area contributed by atoms with Crippen molar-refractivity contribution in [2.75, 3.05) is 0 Å². The quantitative estimate of drug-likeness (QED) is 0.0916. The van der Waals surface area contributed by atoms with E-state index < -0.39 is 116 Å². The molecule has 21 saturated carbocycles. The van der Waals surface area contributed by atoms with Crippen molar-refractivity contribution < 1.29 is 83.4 Å². The average Bonchev–Trinajstić information content (AvgIpc) is 1.58. The fraction of sp³-hybridized carbons (Fsp3) is 0.851. The summed E-state index contributed by atoms with van der Waals surface area (Å²) >= 11 is -3.30. The van der Waals surface area contributed by atoms with Crippen molar-refractivity contribution in [1.82, 2.24) is 0 Å². The number of benzene rings is 2. The van der Waals surface area contributed by atoms with E-state index in [4.69, 9.17) is 68.1 Å². The molecular formula is C134H234Cl8Si4Zr4. The second-order valence-electron chi connectivity index (χ2n) is 57.5. The van der Waals surface area contributed by atoms with Crippen LogP contribution in [0.1, 0.15) is 420 Å². The molecule has 0 N–H and O–H groups in total.